The number of primary sulfonamides is 1. The third-order valence-corrected chi connectivity index (χ3v) is 5.30. The molecular weight excluding hydrogens is 348 g/mol. The van der Waals surface area contributed by atoms with Crippen LogP contribution in [-0.2, 0) is 21.2 Å². The highest BCUT2D eigenvalue weighted by molar-refractivity contribution is 7.89. The second-order valence-corrected chi connectivity index (χ2v) is 7.94. The highest BCUT2D eigenvalue weighted by Gasteiger charge is 2.14. The van der Waals surface area contributed by atoms with Crippen molar-refractivity contribution in [2.75, 3.05) is 13.2 Å². The Morgan fingerprint density at radius 2 is 2.04 bits per heavy atom. The molecule has 1 aromatic heterocycles. The maximum atomic E-state index is 11.8. The molecule has 2 aromatic rings. The molecule has 24 heavy (non-hydrogen) atoms. The molecule has 0 aliphatic carbocycles. The Balaban J connectivity index is 1.86. The summed E-state index contributed by atoms with van der Waals surface area (Å²) in [7, 11) is -3.75. The number of sulfonamides is 1. The molecule has 0 bridgehead atoms. The highest BCUT2D eigenvalue weighted by Crippen LogP contribution is 2.25. The van der Waals surface area contributed by atoms with Crippen molar-refractivity contribution in [1.29, 1.82) is 0 Å². The maximum absolute atomic E-state index is 11.8. The zero-order valence-electron chi connectivity index (χ0n) is 13.5. The molecule has 3 N–H and O–H groups in total. The molecule has 1 heterocycles. The number of rotatable bonds is 7. The van der Waals surface area contributed by atoms with Crippen molar-refractivity contribution < 1.29 is 17.9 Å². The topological polar surface area (TPSA) is 98.5 Å². The summed E-state index contributed by atoms with van der Waals surface area (Å²) < 4.78 is 28.6. The Morgan fingerprint density at radius 1 is 1.29 bits per heavy atom. The van der Waals surface area contributed by atoms with Gasteiger partial charge in [0.15, 0.2) is 0 Å². The molecule has 130 valence electrons. The fourth-order valence-electron chi connectivity index (χ4n) is 2.21. The zero-order valence-corrected chi connectivity index (χ0v) is 15.2. The van der Waals surface area contributed by atoms with E-state index in [2.05, 4.69) is 5.32 Å². The van der Waals surface area contributed by atoms with E-state index >= 15 is 0 Å². The average Bonchev–Trinajstić information content (AvgIpc) is 2.98. The predicted octanol–water partition coefficient (Wildman–Crippen LogP) is 1.75. The van der Waals surface area contributed by atoms with Crippen LogP contribution < -0.4 is 15.2 Å². The number of nitrogens with one attached hydrogen (secondary N) is 1. The number of hydrogen-bond acceptors (Lipinski definition) is 5. The van der Waals surface area contributed by atoms with Gasteiger partial charge in [0.05, 0.1) is 17.9 Å². The number of carbonyl (C=O) groups excluding carboxylic acids is 1. The largest absolute Gasteiger partial charge is 0.491 e. The Morgan fingerprint density at radius 3 is 2.67 bits per heavy atom. The van der Waals surface area contributed by atoms with Gasteiger partial charge in [-0.2, -0.15) is 0 Å². The van der Waals surface area contributed by atoms with Crippen LogP contribution in [0.25, 0.3) is 0 Å². The van der Waals surface area contributed by atoms with Crippen LogP contribution in [0, 0.1) is 13.8 Å². The molecule has 6 nitrogen and oxygen atoms in total. The van der Waals surface area contributed by atoms with Crippen molar-refractivity contribution >= 4 is 27.3 Å². The van der Waals surface area contributed by atoms with E-state index in [1.54, 1.807) is 31.3 Å². The van der Waals surface area contributed by atoms with Gasteiger partial charge in [0.1, 0.15) is 12.4 Å². The smallest absolute Gasteiger partial charge is 0.238 e. The first-order valence-corrected chi connectivity index (χ1v) is 9.76. The summed E-state index contributed by atoms with van der Waals surface area (Å²) in [6.45, 7) is 4.08. The molecule has 0 saturated carbocycles. The SMILES string of the molecule is Cc1cc(S(N)(=O)=O)c(C)cc1OCCNC(=O)Cc1cccs1. The summed E-state index contributed by atoms with van der Waals surface area (Å²) in [4.78, 5) is 12.9. The van der Waals surface area contributed by atoms with E-state index in [0.717, 1.165) is 4.88 Å². The molecule has 0 aliphatic heterocycles. The van der Waals surface area contributed by atoms with Crippen molar-refractivity contribution in [3.63, 3.8) is 0 Å². The Hall–Kier alpha value is -1.90. The monoisotopic (exact) mass is 368 g/mol. The lowest BCUT2D eigenvalue weighted by molar-refractivity contribution is -0.120. The summed E-state index contributed by atoms with van der Waals surface area (Å²) in [5.74, 6) is 0.519. The van der Waals surface area contributed by atoms with Gasteiger partial charge in [0.25, 0.3) is 0 Å². The first-order valence-electron chi connectivity index (χ1n) is 7.33. The van der Waals surface area contributed by atoms with Gasteiger partial charge in [-0.25, -0.2) is 13.6 Å². The van der Waals surface area contributed by atoms with E-state index in [0.29, 0.717) is 36.4 Å². The summed E-state index contributed by atoms with van der Waals surface area (Å²) >= 11 is 1.54. The fourth-order valence-corrected chi connectivity index (χ4v) is 3.76. The lowest BCUT2D eigenvalue weighted by atomic mass is 10.1. The fraction of sp³-hybridized carbons (Fsp3) is 0.312. The highest BCUT2D eigenvalue weighted by atomic mass is 32.2. The normalized spacial score (nSPS) is 11.3. The van der Waals surface area contributed by atoms with Gasteiger partial charge in [0, 0.05) is 4.88 Å². The number of benzene rings is 1. The minimum Gasteiger partial charge on any atom is -0.491 e. The number of amides is 1. The van der Waals surface area contributed by atoms with E-state index in [9.17, 15) is 13.2 Å². The number of hydrogen-bond donors (Lipinski definition) is 2. The van der Waals surface area contributed by atoms with Crippen molar-refractivity contribution in [3.05, 3.63) is 45.6 Å². The van der Waals surface area contributed by atoms with Crippen molar-refractivity contribution in [3.8, 4) is 5.75 Å². The molecule has 0 unspecified atom stereocenters. The first kappa shape index (κ1) is 18.4. The van der Waals surface area contributed by atoms with Crippen molar-refractivity contribution in [1.82, 2.24) is 5.32 Å². The Bertz CT molecular complexity index is 815. The molecule has 0 radical (unpaired) electrons. The van der Waals surface area contributed by atoms with Crippen LogP contribution in [0.15, 0.2) is 34.5 Å². The van der Waals surface area contributed by atoms with Crippen LogP contribution in [0.1, 0.15) is 16.0 Å². The molecule has 8 heteroatoms. The summed E-state index contributed by atoms with van der Waals surface area (Å²) in [5.41, 5.74) is 1.20. The third-order valence-electron chi connectivity index (χ3n) is 3.38. The number of carbonyl (C=O) groups is 1. The average molecular weight is 368 g/mol. The quantitative estimate of drug-likeness (QED) is 0.727. The molecule has 1 amide bonds. The van der Waals surface area contributed by atoms with Gasteiger partial charge in [-0.15, -0.1) is 11.3 Å². The zero-order chi connectivity index (χ0) is 17.7. The molecule has 0 saturated heterocycles. The van der Waals surface area contributed by atoms with Crippen LogP contribution in [0.4, 0.5) is 0 Å². The molecule has 1 aromatic carbocycles. The number of thiophene rings is 1. The first-order chi connectivity index (χ1) is 11.3. The molecule has 0 aliphatic rings. The van der Waals surface area contributed by atoms with Gasteiger partial charge in [-0.1, -0.05) is 6.07 Å². The van der Waals surface area contributed by atoms with Gasteiger partial charge >= 0.3 is 0 Å². The van der Waals surface area contributed by atoms with Crippen LogP contribution in [0.3, 0.4) is 0 Å². The van der Waals surface area contributed by atoms with Crippen molar-refractivity contribution in [2.24, 2.45) is 5.14 Å². The molecule has 0 atom stereocenters. The Labute approximate surface area is 145 Å². The standard InChI is InChI=1S/C16H20N2O4S2/c1-11-9-15(24(17,20)21)12(2)8-14(11)22-6-5-18-16(19)10-13-4-3-7-23-13/h3-4,7-9H,5-6,10H2,1-2H3,(H,18,19)(H2,17,20,21). The van der Waals surface area contributed by atoms with Crippen LogP contribution >= 0.6 is 11.3 Å². The summed E-state index contributed by atoms with van der Waals surface area (Å²) in [5, 5.41) is 9.89. The van der Waals surface area contributed by atoms with E-state index in [-0.39, 0.29) is 10.8 Å². The van der Waals surface area contributed by atoms with E-state index in [1.807, 2.05) is 17.5 Å². The maximum Gasteiger partial charge on any atom is 0.238 e. The predicted molar refractivity (Wildman–Crippen MR) is 93.8 cm³/mol. The minimum atomic E-state index is -3.75. The number of ether oxygens (including phenoxy) is 1. The van der Waals surface area contributed by atoms with Gasteiger partial charge < -0.3 is 10.1 Å². The van der Waals surface area contributed by atoms with Gasteiger partial charge in [-0.3, -0.25) is 4.79 Å². The molecule has 0 spiro atoms. The Kier molecular flexibility index (Phi) is 5.98. The molecule has 0 fully saturated rings. The second-order valence-electron chi connectivity index (χ2n) is 5.38. The number of aryl methyl sites for hydroxylation is 2. The van der Waals surface area contributed by atoms with Crippen molar-refractivity contribution in [2.45, 2.75) is 25.2 Å². The van der Waals surface area contributed by atoms with Gasteiger partial charge in [0.2, 0.25) is 15.9 Å². The van der Waals surface area contributed by atoms with E-state index in [1.165, 1.54) is 6.07 Å². The lowest BCUT2D eigenvalue weighted by Crippen LogP contribution is -2.29. The van der Waals surface area contributed by atoms with Crippen LogP contribution in [-0.4, -0.2) is 27.5 Å². The van der Waals surface area contributed by atoms with Gasteiger partial charge in [-0.05, 0) is 48.6 Å². The van der Waals surface area contributed by atoms with Crippen LogP contribution in [0.5, 0.6) is 5.75 Å². The lowest BCUT2D eigenvalue weighted by Gasteiger charge is -2.13. The number of nitrogens with two attached hydrogens (primary N) is 1. The molecule has 2 rings (SSSR count). The van der Waals surface area contributed by atoms with E-state index in [4.69, 9.17) is 9.88 Å². The third kappa shape index (κ3) is 5.05. The van der Waals surface area contributed by atoms with Crippen LogP contribution in [0.2, 0.25) is 0 Å². The molecular formula is C16H20N2O4S2. The summed E-state index contributed by atoms with van der Waals surface area (Å²) in [6.07, 6.45) is 0.360. The van der Waals surface area contributed by atoms with E-state index < -0.39 is 10.0 Å². The second kappa shape index (κ2) is 7.78. The minimum absolute atomic E-state index is 0.0569. The summed E-state index contributed by atoms with van der Waals surface area (Å²) in [6, 6.07) is 6.96.